The van der Waals surface area contributed by atoms with E-state index >= 15 is 0 Å². The summed E-state index contributed by atoms with van der Waals surface area (Å²) in [5.74, 6) is -0.179. The van der Waals surface area contributed by atoms with Crippen LogP contribution in [0.5, 0.6) is 5.75 Å². The van der Waals surface area contributed by atoms with Crippen LogP contribution in [0, 0.1) is 6.92 Å². The van der Waals surface area contributed by atoms with E-state index in [2.05, 4.69) is 4.98 Å². The second kappa shape index (κ2) is 6.49. The van der Waals surface area contributed by atoms with Crippen LogP contribution in [0.15, 0.2) is 17.1 Å². The van der Waals surface area contributed by atoms with Gasteiger partial charge >= 0.3 is 0 Å². The topological polar surface area (TPSA) is 99.8 Å². The number of aromatic nitrogens is 1. The number of piperazine rings is 1. The van der Waals surface area contributed by atoms with Gasteiger partial charge in [0.2, 0.25) is 15.5 Å². The summed E-state index contributed by atoms with van der Waals surface area (Å²) in [4.78, 5) is 28.0. The van der Waals surface area contributed by atoms with Crippen molar-refractivity contribution >= 4 is 15.9 Å². The van der Waals surface area contributed by atoms with Gasteiger partial charge in [0.1, 0.15) is 0 Å². The third kappa shape index (κ3) is 4.08. The Hall–Kier alpha value is -1.87. The first-order valence-corrected chi connectivity index (χ1v) is 8.67. The van der Waals surface area contributed by atoms with Gasteiger partial charge in [0.05, 0.1) is 6.26 Å². The molecule has 1 aromatic heterocycles. The molecule has 0 unspecified atom stereocenters. The zero-order chi connectivity index (χ0) is 16.3. The summed E-state index contributed by atoms with van der Waals surface area (Å²) in [5.41, 5.74) is 0.423. The van der Waals surface area contributed by atoms with Crippen molar-refractivity contribution in [1.29, 1.82) is 0 Å². The van der Waals surface area contributed by atoms with Gasteiger partial charge in [0.15, 0.2) is 12.4 Å². The van der Waals surface area contributed by atoms with Crippen LogP contribution in [0.3, 0.4) is 0 Å². The first-order chi connectivity index (χ1) is 10.3. The Morgan fingerprint density at radius 1 is 1.32 bits per heavy atom. The molecule has 0 aromatic carbocycles. The van der Waals surface area contributed by atoms with E-state index in [1.165, 1.54) is 21.5 Å². The van der Waals surface area contributed by atoms with Gasteiger partial charge < -0.3 is 14.6 Å². The minimum atomic E-state index is -3.22. The van der Waals surface area contributed by atoms with Crippen molar-refractivity contribution in [1.82, 2.24) is 14.2 Å². The SMILES string of the molecule is Cc1cc(=O)c(OCC(=O)N2CCN(S(C)(=O)=O)CC2)c[nH]1. The number of pyridine rings is 1. The number of nitrogens with one attached hydrogen (secondary N) is 1. The van der Waals surface area contributed by atoms with Crippen LogP contribution >= 0.6 is 0 Å². The summed E-state index contributed by atoms with van der Waals surface area (Å²) in [6.07, 6.45) is 2.57. The van der Waals surface area contributed by atoms with Gasteiger partial charge in [-0.05, 0) is 6.92 Å². The Kier molecular flexibility index (Phi) is 4.87. The monoisotopic (exact) mass is 329 g/mol. The molecule has 122 valence electrons. The molecule has 1 aliphatic rings. The van der Waals surface area contributed by atoms with Crippen LogP contribution in [0.25, 0.3) is 0 Å². The molecule has 1 N–H and O–H groups in total. The largest absolute Gasteiger partial charge is 0.478 e. The molecule has 0 atom stereocenters. The summed E-state index contributed by atoms with van der Waals surface area (Å²) in [6.45, 7) is 2.69. The highest BCUT2D eigenvalue weighted by Gasteiger charge is 2.26. The number of aromatic amines is 1. The van der Waals surface area contributed by atoms with Crippen molar-refractivity contribution in [3.8, 4) is 5.75 Å². The van der Waals surface area contributed by atoms with Crippen molar-refractivity contribution in [2.24, 2.45) is 0 Å². The summed E-state index contributed by atoms with van der Waals surface area (Å²) >= 11 is 0. The highest BCUT2D eigenvalue weighted by atomic mass is 32.2. The van der Waals surface area contributed by atoms with Crippen LogP contribution in [-0.4, -0.2) is 67.6 Å². The van der Waals surface area contributed by atoms with Crippen molar-refractivity contribution in [3.05, 3.63) is 28.2 Å². The van der Waals surface area contributed by atoms with Crippen LogP contribution in [0.2, 0.25) is 0 Å². The molecule has 1 fully saturated rings. The summed E-state index contributed by atoms with van der Waals surface area (Å²) in [5, 5.41) is 0. The zero-order valence-electron chi connectivity index (χ0n) is 12.5. The molecule has 0 radical (unpaired) electrons. The van der Waals surface area contributed by atoms with Crippen molar-refractivity contribution in [3.63, 3.8) is 0 Å². The quantitative estimate of drug-likeness (QED) is 0.777. The number of nitrogens with zero attached hydrogens (tertiary/aromatic N) is 2. The molecule has 2 rings (SSSR count). The lowest BCUT2D eigenvalue weighted by Gasteiger charge is -2.33. The van der Waals surface area contributed by atoms with E-state index in [4.69, 9.17) is 4.74 Å². The molecule has 1 amide bonds. The van der Waals surface area contributed by atoms with E-state index in [1.807, 2.05) is 0 Å². The minimum Gasteiger partial charge on any atom is -0.478 e. The molecule has 22 heavy (non-hydrogen) atoms. The predicted molar refractivity (Wildman–Crippen MR) is 80.3 cm³/mol. The summed E-state index contributed by atoms with van der Waals surface area (Å²) < 4.78 is 29.4. The number of rotatable bonds is 4. The van der Waals surface area contributed by atoms with E-state index in [0.29, 0.717) is 18.8 Å². The smallest absolute Gasteiger partial charge is 0.260 e. The second-order valence-corrected chi connectivity index (χ2v) is 7.16. The number of hydrogen-bond acceptors (Lipinski definition) is 5. The van der Waals surface area contributed by atoms with E-state index in [1.54, 1.807) is 6.92 Å². The third-order valence-electron chi connectivity index (χ3n) is 3.43. The zero-order valence-corrected chi connectivity index (χ0v) is 13.4. The van der Waals surface area contributed by atoms with Crippen molar-refractivity contribution in [2.75, 3.05) is 39.0 Å². The van der Waals surface area contributed by atoms with E-state index in [0.717, 1.165) is 6.26 Å². The van der Waals surface area contributed by atoms with Crippen molar-refractivity contribution in [2.45, 2.75) is 6.92 Å². The van der Waals surface area contributed by atoms with Gasteiger partial charge in [-0.15, -0.1) is 0 Å². The number of hydrogen-bond donors (Lipinski definition) is 1. The van der Waals surface area contributed by atoms with Crippen LogP contribution in [0.1, 0.15) is 5.69 Å². The van der Waals surface area contributed by atoms with E-state index in [-0.39, 0.29) is 36.8 Å². The number of H-pyrrole nitrogens is 1. The molecule has 0 spiro atoms. The molecule has 9 heteroatoms. The molecule has 8 nitrogen and oxygen atoms in total. The fourth-order valence-corrected chi connectivity index (χ4v) is 3.00. The number of carbonyl (C=O) groups excluding carboxylic acids is 1. The lowest BCUT2D eigenvalue weighted by atomic mass is 10.3. The van der Waals surface area contributed by atoms with Crippen LogP contribution < -0.4 is 10.2 Å². The highest BCUT2D eigenvalue weighted by molar-refractivity contribution is 7.88. The van der Waals surface area contributed by atoms with E-state index < -0.39 is 10.0 Å². The van der Waals surface area contributed by atoms with E-state index in [9.17, 15) is 18.0 Å². The summed E-state index contributed by atoms with van der Waals surface area (Å²) in [7, 11) is -3.22. The Bertz CT molecular complexity index is 705. The molecular weight excluding hydrogens is 310 g/mol. The number of sulfonamides is 1. The van der Waals surface area contributed by atoms with Crippen LogP contribution in [0.4, 0.5) is 0 Å². The highest BCUT2D eigenvalue weighted by Crippen LogP contribution is 2.07. The molecule has 1 aromatic rings. The average molecular weight is 329 g/mol. The first kappa shape index (κ1) is 16.5. The number of amides is 1. The molecule has 0 aliphatic carbocycles. The standard InChI is InChI=1S/C13H19N3O5S/c1-10-7-11(17)12(8-14-10)21-9-13(18)15-3-5-16(6-4-15)22(2,19)20/h7-8H,3-6,9H2,1-2H3,(H,14,17). The minimum absolute atomic E-state index is 0.0914. The van der Waals surface area contributed by atoms with Crippen molar-refractivity contribution < 1.29 is 17.9 Å². The fourth-order valence-electron chi connectivity index (χ4n) is 2.17. The molecule has 2 heterocycles. The first-order valence-electron chi connectivity index (χ1n) is 6.82. The second-order valence-electron chi connectivity index (χ2n) is 5.18. The number of aryl methyl sites for hydroxylation is 1. The fraction of sp³-hybridized carbons (Fsp3) is 0.538. The normalized spacial score (nSPS) is 16.5. The molecular formula is C13H19N3O5S. The van der Waals surface area contributed by atoms with Gasteiger partial charge in [-0.2, -0.15) is 4.31 Å². The Morgan fingerprint density at radius 2 is 1.95 bits per heavy atom. The molecule has 0 bridgehead atoms. The van der Waals surface area contributed by atoms with Gasteiger partial charge in [-0.1, -0.05) is 0 Å². The molecule has 0 saturated carbocycles. The maximum absolute atomic E-state index is 12.0. The maximum Gasteiger partial charge on any atom is 0.260 e. The Labute approximate surface area is 128 Å². The average Bonchev–Trinajstić information content (AvgIpc) is 2.45. The van der Waals surface area contributed by atoms with Gasteiger partial charge in [-0.25, -0.2) is 8.42 Å². The van der Waals surface area contributed by atoms with Gasteiger partial charge in [0.25, 0.3) is 5.91 Å². The Morgan fingerprint density at radius 3 is 2.50 bits per heavy atom. The van der Waals surface area contributed by atoms with Crippen LogP contribution in [-0.2, 0) is 14.8 Å². The number of ether oxygens (including phenoxy) is 1. The van der Waals surface area contributed by atoms with Gasteiger partial charge in [-0.3, -0.25) is 9.59 Å². The summed E-state index contributed by atoms with van der Waals surface area (Å²) in [6, 6.07) is 1.39. The molecule has 1 saturated heterocycles. The molecule has 1 aliphatic heterocycles. The van der Waals surface area contributed by atoms with Gasteiger partial charge in [0, 0.05) is 44.1 Å². The third-order valence-corrected chi connectivity index (χ3v) is 4.74. The predicted octanol–water partition coefficient (Wildman–Crippen LogP) is -0.834. The Balaban J connectivity index is 1.87. The lowest BCUT2D eigenvalue weighted by molar-refractivity contribution is -0.134. The maximum atomic E-state index is 12.0. The number of carbonyl (C=O) groups is 1. The lowest BCUT2D eigenvalue weighted by Crippen LogP contribution is -2.51.